The van der Waals surface area contributed by atoms with E-state index in [1.54, 1.807) is 6.92 Å². The molecule has 0 radical (unpaired) electrons. The molecule has 1 aromatic heterocycles. The van der Waals surface area contributed by atoms with Crippen LogP contribution >= 0.6 is 15.9 Å². The van der Waals surface area contributed by atoms with Crippen LogP contribution in [0.25, 0.3) is 0 Å². The van der Waals surface area contributed by atoms with Gasteiger partial charge in [-0.05, 0) is 60.3 Å². The van der Waals surface area contributed by atoms with Crippen molar-refractivity contribution < 1.29 is 23.4 Å². The van der Waals surface area contributed by atoms with Crippen LogP contribution in [0.3, 0.4) is 0 Å². The largest absolute Gasteiger partial charge is 0.465 e. The van der Waals surface area contributed by atoms with Crippen LogP contribution in [0, 0.1) is 13.8 Å². The number of fused-ring (bicyclic) bond motifs is 1. The molecule has 1 saturated heterocycles. The minimum absolute atomic E-state index is 0.136. The molecule has 1 fully saturated rings. The van der Waals surface area contributed by atoms with E-state index in [1.165, 1.54) is 0 Å². The summed E-state index contributed by atoms with van der Waals surface area (Å²) in [7, 11) is 0. The Bertz CT molecular complexity index is 869. The van der Waals surface area contributed by atoms with E-state index in [-0.39, 0.29) is 18.1 Å². The lowest BCUT2D eigenvalue weighted by atomic mass is 9.74. The lowest BCUT2D eigenvalue weighted by Gasteiger charge is -2.38. The SMILES string of the molecule is Cc1oc(C)c(C(=O)NCC2(c3ccc4c(c3)OCO4)CCOCC2)c1Br. The van der Waals surface area contributed by atoms with E-state index >= 15 is 0 Å². The number of rotatable bonds is 4. The van der Waals surface area contributed by atoms with E-state index in [0.29, 0.717) is 41.3 Å². The highest BCUT2D eigenvalue weighted by molar-refractivity contribution is 9.10. The van der Waals surface area contributed by atoms with E-state index in [0.717, 1.165) is 29.9 Å². The molecule has 7 heteroatoms. The van der Waals surface area contributed by atoms with E-state index in [1.807, 2.05) is 19.1 Å². The number of benzene rings is 1. The molecule has 4 rings (SSSR count). The van der Waals surface area contributed by atoms with Gasteiger partial charge in [-0.2, -0.15) is 0 Å². The zero-order valence-corrected chi connectivity index (χ0v) is 17.0. The number of carbonyl (C=O) groups is 1. The van der Waals surface area contributed by atoms with E-state index in [2.05, 4.69) is 27.3 Å². The molecule has 1 N–H and O–H groups in total. The van der Waals surface area contributed by atoms with Gasteiger partial charge in [-0.25, -0.2) is 0 Å². The lowest BCUT2D eigenvalue weighted by Crippen LogP contribution is -2.44. The Labute approximate surface area is 166 Å². The van der Waals surface area contributed by atoms with Crippen molar-refractivity contribution in [3.05, 3.63) is 45.3 Å². The summed E-state index contributed by atoms with van der Waals surface area (Å²) in [6.45, 7) is 5.73. The molecule has 2 aromatic rings. The number of nitrogens with one attached hydrogen (secondary N) is 1. The van der Waals surface area contributed by atoms with Crippen molar-refractivity contribution in [3.8, 4) is 11.5 Å². The van der Waals surface area contributed by atoms with Gasteiger partial charge < -0.3 is 23.9 Å². The van der Waals surface area contributed by atoms with E-state index < -0.39 is 0 Å². The third kappa shape index (κ3) is 3.34. The monoisotopic (exact) mass is 435 g/mol. The molecule has 0 saturated carbocycles. The molecule has 2 aliphatic rings. The predicted molar refractivity (Wildman–Crippen MR) is 103 cm³/mol. The summed E-state index contributed by atoms with van der Waals surface area (Å²) in [6, 6.07) is 6.04. The number of amides is 1. The number of ether oxygens (including phenoxy) is 3. The zero-order chi connectivity index (χ0) is 19.0. The smallest absolute Gasteiger partial charge is 0.256 e. The molecule has 144 valence electrons. The fraction of sp³-hybridized carbons (Fsp3) is 0.450. The summed E-state index contributed by atoms with van der Waals surface area (Å²) >= 11 is 3.45. The molecule has 0 unspecified atom stereocenters. The Kier molecular flexibility index (Phi) is 4.90. The Morgan fingerprint density at radius 1 is 1.15 bits per heavy atom. The van der Waals surface area contributed by atoms with Gasteiger partial charge in [0, 0.05) is 25.2 Å². The molecule has 3 heterocycles. The van der Waals surface area contributed by atoms with Crippen LogP contribution in [0.15, 0.2) is 27.1 Å². The lowest BCUT2D eigenvalue weighted by molar-refractivity contribution is 0.0486. The highest BCUT2D eigenvalue weighted by Gasteiger charge is 2.36. The van der Waals surface area contributed by atoms with Crippen molar-refractivity contribution in [2.24, 2.45) is 0 Å². The Morgan fingerprint density at radius 3 is 2.59 bits per heavy atom. The van der Waals surface area contributed by atoms with Gasteiger partial charge in [0.05, 0.1) is 10.0 Å². The first-order valence-corrected chi connectivity index (χ1v) is 9.81. The Morgan fingerprint density at radius 2 is 1.89 bits per heavy atom. The van der Waals surface area contributed by atoms with Crippen LogP contribution in [0.2, 0.25) is 0 Å². The van der Waals surface area contributed by atoms with Gasteiger partial charge in [0.15, 0.2) is 11.5 Å². The molecule has 0 aliphatic carbocycles. The highest BCUT2D eigenvalue weighted by atomic mass is 79.9. The minimum Gasteiger partial charge on any atom is -0.465 e. The van der Waals surface area contributed by atoms with Crippen LogP contribution in [-0.2, 0) is 10.2 Å². The molecular weight excluding hydrogens is 414 g/mol. The third-order valence-electron chi connectivity index (χ3n) is 5.44. The van der Waals surface area contributed by atoms with Crippen molar-refractivity contribution in [1.82, 2.24) is 5.32 Å². The fourth-order valence-corrected chi connectivity index (χ4v) is 4.35. The summed E-state index contributed by atoms with van der Waals surface area (Å²) in [5.74, 6) is 2.70. The summed E-state index contributed by atoms with van der Waals surface area (Å²) in [5.41, 5.74) is 1.49. The topological polar surface area (TPSA) is 69.9 Å². The molecule has 1 amide bonds. The number of hydrogen-bond acceptors (Lipinski definition) is 5. The average Bonchev–Trinajstić information content (AvgIpc) is 3.24. The molecule has 6 nitrogen and oxygen atoms in total. The number of hydrogen-bond donors (Lipinski definition) is 1. The average molecular weight is 436 g/mol. The van der Waals surface area contributed by atoms with Crippen LogP contribution in [0.5, 0.6) is 11.5 Å². The normalized spacial score (nSPS) is 17.7. The maximum Gasteiger partial charge on any atom is 0.256 e. The van der Waals surface area contributed by atoms with Gasteiger partial charge in [-0.3, -0.25) is 4.79 Å². The maximum atomic E-state index is 12.8. The maximum absolute atomic E-state index is 12.8. The first kappa shape index (κ1) is 18.4. The van der Waals surface area contributed by atoms with Gasteiger partial charge in [0.25, 0.3) is 5.91 Å². The van der Waals surface area contributed by atoms with Gasteiger partial charge in [0.1, 0.15) is 11.5 Å². The Balaban J connectivity index is 1.58. The predicted octanol–water partition coefficient (Wildman–Crippen LogP) is 3.87. The van der Waals surface area contributed by atoms with Crippen molar-refractivity contribution >= 4 is 21.8 Å². The van der Waals surface area contributed by atoms with Crippen LogP contribution in [0.4, 0.5) is 0 Å². The van der Waals surface area contributed by atoms with E-state index in [4.69, 9.17) is 18.6 Å². The molecular formula is C20H22BrNO5. The summed E-state index contributed by atoms with van der Waals surface area (Å²) in [4.78, 5) is 12.8. The van der Waals surface area contributed by atoms with Crippen molar-refractivity contribution in [2.75, 3.05) is 26.6 Å². The fourth-order valence-electron chi connectivity index (χ4n) is 3.81. The van der Waals surface area contributed by atoms with Crippen molar-refractivity contribution in [3.63, 3.8) is 0 Å². The Hall–Kier alpha value is -1.99. The quantitative estimate of drug-likeness (QED) is 0.788. The van der Waals surface area contributed by atoms with Crippen LogP contribution < -0.4 is 14.8 Å². The van der Waals surface area contributed by atoms with Gasteiger partial charge in [-0.15, -0.1) is 0 Å². The molecule has 0 bridgehead atoms. The number of furan rings is 1. The second kappa shape index (κ2) is 7.20. The molecule has 0 atom stereocenters. The highest BCUT2D eigenvalue weighted by Crippen LogP contribution is 2.40. The number of carbonyl (C=O) groups excluding carboxylic acids is 1. The molecule has 1 aromatic carbocycles. The minimum atomic E-state index is -0.200. The van der Waals surface area contributed by atoms with Crippen molar-refractivity contribution in [2.45, 2.75) is 32.1 Å². The number of halogens is 1. The first-order valence-electron chi connectivity index (χ1n) is 9.02. The second-order valence-electron chi connectivity index (χ2n) is 7.05. The van der Waals surface area contributed by atoms with E-state index in [9.17, 15) is 4.79 Å². The van der Waals surface area contributed by atoms with Gasteiger partial charge >= 0.3 is 0 Å². The number of aryl methyl sites for hydroxylation is 2. The summed E-state index contributed by atoms with van der Waals surface area (Å²) < 4.78 is 22.8. The van der Waals surface area contributed by atoms with Crippen LogP contribution in [-0.4, -0.2) is 32.5 Å². The standard InChI is InChI=1S/C20H22BrNO5/c1-12-17(18(21)13(2)27-12)19(23)22-10-20(5-7-24-8-6-20)14-3-4-15-16(9-14)26-11-25-15/h3-4,9H,5-8,10-11H2,1-2H3,(H,22,23). The third-order valence-corrected chi connectivity index (χ3v) is 6.39. The summed E-state index contributed by atoms with van der Waals surface area (Å²) in [5, 5.41) is 3.11. The van der Waals surface area contributed by atoms with Gasteiger partial charge in [-0.1, -0.05) is 6.07 Å². The zero-order valence-electron chi connectivity index (χ0n) is 15.4. The first-order chi connectivity index (χ1) is 13.0. The molecule has 27 heavy (non-hydrogen) atoms. The summed E-state index contributed by atoms with van der Waals surface area (Å²) in [6.07, 6.45) is 1.66. The molecule has 2 aliphatic heterocycles. The molecule has 0 spiro atoms. The van der Waals surface area contributed by atoms with Crippen molar-refractivity contribution in [1.29, 1.82) is 0 Å². The van der Waals surface area contributed by atoms with Gasteiger partial charge in [0.2, 0.25) is 6.79 Å². The van der Waals surface area contributed by atoms with Crippen LogP contribution in [0.1, 0.15) is 40.3 Å². The second-order valence-corrected chi connectivity index (χ2v) is 7.84.